The Balaban J connectivity index is 1.96. The van der Waals surface area contributed by atoms with Crippen LogP contribution in [0.25, 0.3) is 0 Å². The second-order valence-electron chi connectivity index (χ2n) is 6.97. The molecule has 2 rings (SSSR count). The molecule has 0 bridgehead atoms. The Labute approximate surface area is 177 Å². The molecule has 0 spiro atoms. The highest BCUT2D eigenvalue weighted by Gasteiger charge is 2.24. The third-order valence-electron chi connectivity index (χ3n) is 4.65. The van der Waals surface area contributed by atoms with Crippen LogP contribution < -0.4 is 15.8 Å². The van der Waals surface area contributed by atoms with Gasteiger partial charge in [-0.1, -0.05) is 43.2 Å². The predicted octanol–water partition coefficient (Wildman–Crippen LogP) is 2.80. The van der Waals surface area contributed by atoms with Gasteiger partial charge in [0.2, 0.25) is 0 Å². The highest BCUT2D eigenvalue weighted by molar-refractivity contribution is 5.99. The standard InChI is InChI=1S/C23H30N2O5/c1-29-23(28)20(15-17-9-5-4-6-10-17)25-22(27)19-12-11-18(16-21(19)26)30-14-8-3-2-7-13-24/h4-6,9-12,16,20,26H,2-3,7-8,13-15,24H2,1H3,(H,25,27)/t20-/m0/s1. The quantitative estimate of drug-likeness (QED) is 0.364. The first kappa shape index (κ1) is 23.2. The fourth-order valence-electron chi connectivity index (χ4n) is 3.00. The molecule has 0 unspecified atom stereocenters. The van der Waals surface area contributed by atoms with E-state index < -0.39 is 17.9 Å². The summed E-state index contributed by atoms with van der Waals surface area (Å²) in [5.74, 6) is -0.846. The maximum absolute atomic E-state index is 12.6. The minimum absolute atomic E-state index is 0.0623. The molecule has 0 aromatic heterocycles. The molecule has 0 aliphatic carbocycles. The largest absolute Gasteiger partial charge is 0.507 e. The summed E-state index contributed by atoms with van der Waals surface area (Å²) in [4.78, 5) is 24.7. The number of benzene rings is 2. The number of hydrogen-bond acceptors (Lipinski definition) is 6. The average Bonchev–Trinajstić information content (AvgIpc) is 2.75. The second-order valence-corrected chi connectivity index (χ2v) is 6.97. The van der Waals surface area contributed by atoms with E-state index in [1.165, 1.54) is 19.2 Å². The molecule has 0 fully saturated rings. The summed E-state index contributed by atoms with van der Waals surface area (Å²) < 4.78 is 10.4. The number of ether oxygens (including phenoxy) is 2. The van der Waals surface area contributed by atoms with E-state index in [0.29, 0.717) is 18.9 Å². The lowest BCUT2D eigenvalue weighted by Gasteiger charge is -2.17. The molecule has 2 aromatic carbocycles. The van der Waals surface area contributed by atoms with Gasteiger partial charge in [0.25, 0.3) is 5.91 Å². The van der Waals surface area contributed by atoms with Crippen LogP contribution in [0.15, 0.2) is 48.5 Å². The Morgan fingerprint density at radius 1 is 1.07 bits per heavy atom. The van der Waals surface area contributed by atoms with Crippen molar-refractivity contribution < 1.29 is 24.2 Å². The Hall–Kier alpha value is -3.06. The van der Waals surface area contributed by atoms with Gasteiger partial charge in [-0.2, -0.15) is 0 Å². The van der Waals surface area contributed by atoms with E-state index in [4.69, 9.17) is 15.2 Å². The van der Waals surface area contributed by atoms with Crippen LogP contribution in [0.1, 0.15) is 41.6 Å². The minimum Gasteiger partial charge on any atom is -0.507 e. The number of hydrogen-bond donors (Lipinski definition) is 3. The van der Waals surface area contributed by atoms with Gasteiger partial charge in [0, 0.05) is 12.5 Å². The van der Waals surface area contributed by atoms with Gasteiger partial charge in [0.05, 0.1) is 19.3 Å². The van der Waals surface area contributed by atoms with Gasteiger partial charge in [-0.15, -0.1) is 0 Å². The number of amides is 1. The minimum atomic E-state index is -0.867. The van der Waals surface area contributed by atoms with Crippen LogP contribution in [0.4, 0.5) is 0 Å². The van der Waals surface area contributed by atoms with Crippen molar-refractivity contribution >= 4 is 11.9 Å². The van der Waals surface area contributed by atoms with Crippen molar-refractivity contribution in [1.82, 2.24) is 5.32 Å². The van der Waals surface area contributed by atoms with Crippen molar-refractivity contribution in [1.29, 1.82) is 0 Å². The van der Waals surface area contributed by atoms with Crippen molar-refractivity contribution in [3.05, 3.63) is 59.7 Å². The summed E-state index contributed by atoms with van der Waals surface area (Å²) in [5, 5.41) is 12.9. The zero-order valence-corrected chi connectivity index (χ0v) is 17.3. The van der Waals surface area contributed by atoms with Gasteiger partial charge in [0.1, 0.15) is 17.5 Å². The number of phenols is 1. The molecule has 0 aliphatic rings. The monoisotopic (exact) mass is 414 g/mol. The van der Waals surface area contributed by atoms with Crippen LogP contribution in [-0.2, 0) is 16.0 Å². The Bertz CT molecular complexity index is 810. The van der Waals surface area contributed by atoms with E-state index in [0.717, 1.165) is 31.2 Å². The van der Waals surface area contributed by atoms with E-state index in [-0.39, 0.29) is 17.7 Å². The van der Waals surface area contributed by atoms with Gasteiger partial charge in [0.15, 0.2) is 0 Å². The highest BCUT2D eigenvalue weighted by Crippen LogP contribution is 2.24. The van der Waals surface area contributed by atoms with Crippen molar-refractivity contribution in [2.45, 2.75) is 38.1 Å². The van der Waals surface area contributed by atoms with Crippen LogP contribution >= 0.6 is 0 Å². The lowest BCUT2D eigenvalue weighted by Crippen LogP contribution is -2.43. The maximum atomic E-state index is 12.6. The number of esters is 1. The number of nitrogens with one attached hydrogen (secondary N) is 1. The summed E-state index contributed by atoms with van der Waals surface area (Å²) in [5.41, 5.74) is 6.41. The number of carbonyl (C=O) groups excluding carboxylic acids is 2. The molecule has 7 heteroatoms. The summed E-state index contributed by atoms with van der Waals surface area (Å²) in [6.45, 7) is 1.22. The van der Waals surface area contributed by atoms with Crippen LogP contribution in [0, 0.1) is 0 Å². The van der Waals surface area contributed by atoms with E-state index in [2.05, 4.69) is 5.32 Å². The number of unbranched alkanes of at least 4 members (excludes halogenated alkanes) is 3. The maximum Gasteiger partial charge on any atom is 0.328 e. The van der Waals surface area contributed by atoms with Crippen molar-refractivity contribution in [2.75, 3.05) is 20.3 Å². The Morgan fingerprint density at radius 2 is 1.80 bits per heavy atom. The zero-order chi connectivity index (χ0) is 21.8. The van der Waals surface area contributed by atoms with Gasteiger partial charge < -0.3 is 25.6 Å². The number of methoxy groups -OCH3 is 1. The fourth-order valence-corrected chi connectivity index (χ4v) is 3.00. The molecule has 2 aromatic rings. The molecule has 162 valence electrons. The first-order valence-electron chi connectivity index (χ1n) is 10.1. The van der Waals surface area contributed by atoms with Crippen LogP contribution in [0.3, 0.4) is 0 Å². The summed E-state index contributed by atoms with van der Waals surface area (Å²) in [6, 6.07) is 12.9. The second kappa shape index (κ2) is 12.5. The molecular weight excluding hydrogens is 384 g/mol. The van der Waals surface area contributed by atoms with Crippen LogP contribution in [0.5, 0.6) is 11.5 Å². The molecule has 1 amide bonds. The lowest BCUT2D eigenvalue weighted by atomic mass is 10.1. The van der Waals surface area contributed by atoms with Crippen molar-refractivity contribution in [3.63, 3.8) is 0 Å². The normalized spacial score (nSPS) is 11.5. The van der Waals surface area contributed by atoms with E-state index in [9.17, 15) is 14.7 Å². The van der Waals surface area contributed by atoms with E-state index in [1.807, 2.05) is 30.3 Å². The number of nitrogens with two attached hydrogens (primary N) is 1. The number of rotatable bonds is 12. The smallest absolute Gasteiger partial charge is 0.328 e. The molecule has 1 atom stereocenters. The number of aromatic hydroxyl groups is 1. The highest BCUT2D eigenvalue weighted by atomic mass is 16.5. The molecular formula is C23H30N2O5. The SMILES string of the molecule is COC(=O)[C@H](Cc1ccccc1)NC(=O)c1ccc(OCCCCCCN)cc1O. The molecule has 0 radical (unpaired) electrons. The Kier molecular flexibility index (Phi) is 9.67. The molecule has 0 aliphatic heterocycles. The topological polar surface area (TPSA) is 111 Å². The third-order valence-corrected chi connectivity index (χ3v) is 4.65. The predicted molar refractivity (Wildman–Crippen MR) is 115 cm³/mol. The van der Waals surface area contributed by atoms with Gasteiger partial charge in [-0.05, 0) is 37.1 Å². The summed E-state index contributed by atoms with van der Waals surface area (Å²) in [7, 11) is 1.27. The average molecular weight is 415 g/mol. The molecule has 0 heterocycles. The molecule has 30 heavy (non-hydrogen) atoms. The molecule has 7 nitrogen and oxygen atoms in total. The summed E-state index contributed by atoms with van der Waals surface area (Å²) in [6.07, 6.45) is 4.27. The number of carbonyl (C=O) groups is 2. The van der Waals surface area contributed by atoms with Gasteiger partial charge >= 0.3 is 5.97 Å². The van der Waals surface area contributed by atoms with Gasteiger partial charge in [-0.25, -0.2) is 4.79 Å². The lowest BCUT2D eigenvalue weighted by molar-refractivity contribution is -0.142. The Morgan fingerprint density at radius 3 is 2.47 bits per heavy atom. The van der Waals surface area contributed by atoms with E-state index >= 15 is 0 Å². The number of phenolic OH excluding ortho intramolecular Hbond substituents is 1. The third kappa shape index (κ3) is 7.40. The molecule has 4 N–H and O–H groups in total. The van der Waals surface area contributed by atoms with Crippen molar-refractivity contribution in [3.8, 4) is 11.5 Å². The van der Waals surface area contributed by atoms with E-state index in [1.54, 1.807) is 6.07 Å². The molecule has 0 saturated carbocycles. The first-order valence-corrected chi connectivity index (χ1v) is 10.1. The first-order chi connectivity index (χ1) is 14.5. The zero-order valence-electron chi connectivity index (χ0n) is 17.3. The van der Waals surface area contributed by atoms with Gasteiger partial charge in [-0.3, -0.25) is 4.79 Å². The van der Waals surface area contributed by atoms with Crippen LogP contribution in [0.2, 0.25) is 0 Å². The van der Waals surface area contributed by atoms with Crippen molar-refractivity contribution in [2.24, 2.45) is 5.73 Å². The van der Waals surface area contributed by atoms with Crippen LogP contribution in [-0.4, -0.2) is 43.3 Å². The molecule has 0 saturated heterocycles. The summed E-state index contributed by atoms with van der Waals surface area (Å²) >= 11 is 0. The fraction of sp³-hybridized carbons (Fsp3) is 0.391.